The van der Waals surface area contributed by atoms with Crippen molar-refractivity contribution in [3.8, 4) is 0 Å². The van der Waals surface area contributed by atoms with Crippen LogP contribution in [0.25, 0.3) is 0 Å². The Kier molecular flexibility index (Phi) is 4.11. The molecule has 0 amide bonds. The lowest BCUT2D eigenvalue weighted by Crippen LogP contribution is -2.33. The first kappa shape index (κ1) is 15.5. The quantitative estimate of drug-likeness (QED) is 0.601. The Morgan fingerprint density at radius 2 is 1.58 bits per heavy atom. The van der Waals surface area contributed by atoms with Gasteiger partial charge in [-0.05, 0) is 5.56 Å². The van der Waals surface area contributed by atoms with Crippen LogP contribution in [0.2, 0.25) is 0 Å². The number of rotatable bonds is 4. The third kappa shape index (κ3) is 3.32. The van der Waals surface area contributed by atoms with E-state index in [0.29, 0.717) is 6.54 Å². The maximum atomic E-state index is 12.0. The molecule has 3 N–H and O–H groups in total. The first-order chi connectivity index (χ1) is 11.5. The van der Waals surface area contributed by atoms with Crippen LogP contribution in [0.15, 0.2) is 61.9 Å². The summed E-state index contributed by atoms with van der Waals surface area (Å²) in [7, 11) is 0. The Hall–Kier alpha value is -3.42. The summed E-state index contributed by atoms with van der Waals surface area (Å²) in [6, 6.07) is 9.31. The molecule has 0 atom stereocenters. The van der Waals surface area contributed by atoms with Gasteiger partial charge in [0.1, 0.15) is 0 Å². The molecule has 1 aromatic carbocycles. The lowest BCUT2D eigenvalue weighted by molar-refractivity contribution is 0.708. The molecule has 0 fully saturated rings. The van der Waals surface area contributed by atoms with Crippen molar-refractivity contribution in [1.82, 2.24) is 19.5 Å². The van der Waals surface area contributed by atoms with Gasteiger partial charge in [0.05, 0.1) is 6.54 Å². The van der Waals surface area contributed by atoms with Crippen molar-refractivity contribution in [3.05, 3.63) is 101 Å². The number of aromatic nitrogens is 4. The molecule has 122 valence electrons. The molecule has 0 radical (unpaired) electrons. The van der Waals surface area contributed by atoms with Crippen LogP contribution in [0, 0.1) is 0 Å². The molecule has 2 aromatic heterocycles. The predicted molar refractivity (Wildman–Crippen MR) is 87.4 cm³/mol. The number of H-pyrrole nitrogens is 3. The second-order valence-electron chi connectivity index (χ2n) is 5.30. The van der Waals surface area contributed by atoms with Gasteiger partial charge >= 0.3 is 11.4 Å². The molecular formula is C16H14N4O4. The Labute approximate surface area is 134 Å². The van der Waals surface area contributed by atoms with Crippen molar-refractivity contribution in [2.24, 2.45) is 0 Å². The SMILES string of the molecule is O=c1[nH]cc(Cc2cn(Cc3ccccc3)c(=O)[nH]c2=O)c(=O)[nH]1. The standard InChI is InChI=1S/C16H14N4O4/c21-13-11(7-17-15(23)18-13)6-12-9-20(16(24)19-14(12)22)8-10-4-2-1-3-5-10/h1-5,7,9H,6,8H2,(H,19,22,24)(H2,17,18,21,23). The van der Waals surface area contributed by atoms with Crippen LogP contribution in [0.5, 0.6) is 0 Å². The molecule has 0 bridgehead atoms. The average Bonchev–Trinajstić information content (AvgIpc) is 2.55. The number of aromatic amines is 3. The summed E-state index contributed by atoms with van der Waals surface area (Å²) in [5.74, 6) is 0. The van der Waals surface area contributed by atoms with Gasteiger partial charge in [-0.15, -0.1) is 0 Å². The fraction of sp³-hybridized carbons (Fsp3) is 0.125. The minimum Gasteiger partial charge on any atom is -0.314 e. The summed E-state index contributed by atoms with van der Waals surface area (Å²) in [4.78, 5) is 53.4. The lowest BCUT2D eigenvalue weighted by atomic mass is 10.1. The molecule has 0 aliphatic rings. The van der Waals surface area contributed by atoms with Crippen LogP contribution in [0.1, 0.15) is 16.7 Å². The molecule has 0 aliphatic carbocycles. The second-order valence-corrected chi connectivity index (χ2v) is 5.30. The summed E-state index contributed by atoms with van der Waals surface area (Å²) >= 11 is 0. The topological polar surface area (TPSA) is 121 Å². The van der Waals surface area contributed by atoms with Gasteiger partial charge in [0.2, 0.25) is 0 Å². The van der Waals surface area contributed by atoms with Crippen LogP contribution in [0.3, 0.4) is 0 Å². The van der Waals surface area contributed by atoms with Gasteiger partial charge in [0.25, 0.3) is 11.1 Å². The monoisotopic (exact) mass is 326 g/mol. The van der Waals surface area contributed by atoms with Gasteiger partial charge in [0, 0.05) is 29.9 Å². The largest absolute Gasteiger partial charge is 0.328 e. The normalized spacial score (nSPS) is 10.7. The van der Waals surface area contributed by atoms with E-state index in [2.05, 4.69) is 15.0 Å². The third-order valence-corrected chi connectivity index (χ3v) is 3.56. The Morgan fingerprint density at radius 3 is 2.29 bits per heavy atom. The maximum Gasteiger partial charge on any atom is 0.328 e. The summed E-state index contributed by atoms with van der Waals surface area (Å²) in [6.45, 7) is 0.297. The van der Waals surface area contributed by atoms with E-state index in [0.717, 1.165) is 5.56 Å². The fourth-order valence-electron chi connectivity index (χ4n) is 2.35. The van der Waals surface area contributed by atoms with E-state index < -0.39 is 22.5 Å². The zero-order chi connectivity index (χ0) is 17.1. The molecule has 3 rings (SSSR count). The highest BCUT2D eigenvalue weighted by atomic mass is 16.2. The predicted octanol–water partition coefficient (Wildman–Crippen LogP) is -0.448. The summed E-state index contributed by atoms with van der Waals surface area (Å²) in [5.41, 5.74) is -0.892. The number of hydrogen-bond acceptors (Lipinski definition) is 4. The first-order valence-electron chi connectivity index (χ1n) is 7.20. The Balaban J connectivity index is 1.98. The smallest absolute Gasteiger partial charge is 0.314 e. The molecule has 24 heavy (non-hydrogen) atoms. The van der Waals surface area contributed by atoms with E-state index in [4.69, 9.17) is 0 Å². The van der Waals surface area contributed by atoms with Gasteiger partial charge in [-0.1, -0.05) is 30.3 Å². The minimum absolute atomic E-state index is 0.00346. The molecule has 8 heteroatoms. The van der Waals surface area contributed by atoms with E-state index in [1.54, 1.807) is 0 Å². The van der Waals surface area contributed by atoms with Gasteiger partial charge in [-0.25, -0.2) is 9.59 Å². The highest BCUT2D eigenvalue weighted by molar-refractivity contribution is 5.19. The van der Waals surface area contributed by atoms with Crippen molar-refractivity contribution in [2.45, 2.75) is 13.0 Å². The van der Waals surface area contributed by atoms with Crippen molar-refractivity contribution >= 4 is 0 Å². The minimum atomic E-state index is -0.619. The molecule has 3 aromatic rings. The van der Waals surface area contributed by atoms with E-state index in [9.17, 15) is 19.2 Å². The van der Waals surface area contributed by atoms with Crippen LogP contribution >= 0.6 is 0 Å². The summed E-state index contributed by atoms with van der Waals surface area (Å²) in [5, 5.41) is 0. The van der Waals surface area contributed by atoms with Crippen molar-refractivity contribution in [2.75, 3.05) is 0 Å². The number of hydrogen-bond donors (Lipinski definition) is 3. The molecular weight excluding hydrogens is 312 g/mol. The molecule has 0 saturated carbocycles. The highest BCUT2D eigenvalue weighted by Gasteiger charge is 2.09. The molecule has 0 saturated heterocycles. The van der Waals surface area contributed by atoms with Gasteiger partial charge < -0.3 is 4.98 Å². The van der Waals surface area contributed by atoms with Crippen LogP contribution in [0.4, 0.5) is 0 Å². The van der Waals surface area contributed by atoms with Gasteiger partial charge in [0.15, 0.2) is 0 Å². The molecule has 0 aliphatic heterocycles. The van der Waals surface area contributed by atoms with Gasteiger partial charge in [-0.2, -0.15) is 0 Å². The number of nitrogens with zero attached hydrogens (tertiary/aromatic N) is 1. The van der Waals surface area contributed by atoms with Crippen molar-refractivity contribution in [1.29, 1.82) is 0 Å². The van der Waals surface area contributed by atoms with E-state index in [-0.39, 0.29) is 17.5 Å². The van der Waals surface area contributed by atoms with Crippen LogP contribution < -0.4 is 22.5 Å². The maximum absolute atomic E-state index is 12.0. The van der Waals surface area contributed by atoms with E-state index >= 15 is 0 Å². The van der Waals surface area contributed by atoms with E-state index in [1.165, 1.54) is 17.0 Å². The molecule has 8 nitrogen and oxygen atoms in total. The summed E-state index contributed by atoms with van der Waals surface area (Å²) in [6.07, 6.45) is 2.68. The molecule has 2 heterocycles. The van der Waals surface area contributed by atoms with E-state index in [1.807, 2.05) is 30.3 Å². The van der Waals surface area contributed by atoms with Crippen molar-refractivity contribution < 1.29 is 0 Å². The number of benzene rings is 1. The zero-order valence-corrected chi connectivity index (χ0v) is 12.5. The third-order valence-electron chi connectivity index (χ3n) is 3.56. The Morgan fingerprint density at radius 1 is 0.875 bits per heavy atom. The Bertz CT molecular complexity index is 1090. The lowest BCUT2D eigenvalue weighted by Gasteiger charge is -2.07. The molecule has 0 spiro atoms. The first-order valence-corrected chi connectivity index (χ1v) is 7.20. The van der Waals surface area contributed by atoms with Crippen LogP contribution in [-0.4, -0.2) is 19.5 Å². The second kappa shape index (κ2) is 6.37. The highest BCUT2D eigenvalue weighted by Crippen LogP contribution is 2.02. The zero-order valence-electron chi connectivity index (χ0n) is 12.5. The van der Waals surface area contributed by atoms with Crippen molar-refractivity contribution in [3.63, 3.8) is 0 Å². The average molecular weight is 326 g/mol. The summed E-state index contributed by atoms with van der Waals surface area (Å²) < 4.78 is 1.37. The van der Waals surface area contributed by atoms with Gasteiger partial charge in [-0.3, -0.25) is 24.1 Å². The fourth-order valence-corrected chi connectivity index (χ4v) is 2.35. The number of nitrogens with one attached hydrogen (secondary N) is 3. The molecule has 0 unspecified atom stereocenters. The van der Waals surface area contributed by atoms with Crippen LogP contribution in [-0.2, 0) is 13.0 Å².